The largest absolute Gasteiger partial charge is 0.316 e. The highest BCUT2D eigenvalue weighted by Gasteiger charge is 2.29. The summed E-state index contributed by atoms with van der Waals surface area (Å²) >= 11 is 6.08. The van der Waals surface area contributed by atoms with Crippen molar-refractivity contribution in [2.45, 2.75) is 5.92 Å². The Balaban J connectivity index is 2.26. The minimum absolute atomic E-state index is 0.0786. The van der Waals surface area contributed by atoms with E-state index in [0.717, 1.165) is 23.7 Å². The van der Waals surface area contributed by atoms with Gasteiger partial charge in [-0.15, -0.1) is 0 Å². The Morgan fingerprint density at radius 3 is 2.86 bits per heavy atom. The van der Waals surface area contributed by atoms with Gasteiger partial charge < -0.3 is 5.32 Å². The van der Waals surface area contributed by atoms with E-state index in [1.54, 1.807) is 0 Å². The standard InChI is InChI=1S/C11H13ClFN/c12-11-4-2-1-3-9(11)10-7-14-6-8(10)5-13/h1-4,8,10,14H,5-7H2. The van der Waals surface area contributed by atoms with Crippen LogP contribution in [0.15, 0.2) is 24.3 Å². The van der Waals surface area contributed by atoms with Crippen LogP contribution in [0, 0.1) is 5.92 Å². The molecule has 1 fully saturated rings. The van der Waals surface area contributed by atoms with E-state index in [2.05, 4.69) is 5.32 Å². The van der Waals surface area contributed by atoms with Gasteiger partial charge in [0.15, 0.2) is 0 Å². The molecule has 76 valence electrons. The fourth-order valence-electron chi connectivity index (χ4n) is 2.03. The minimum atomic E-state index is -0.275. The molecule has 1 aliphatic heterocycles. The van der Waals surface area contributed by atoms with Crippen molar-refractivity contribution in [2.75, 3.05) is 19.8 Å². The second kappa shape index (κ2) is 4.28. The Hall–Kier alpha value is -0.600. The van der Waals surface area contributed by atoms with E-state index in [4.69, 9.17) is 11.6 Å². The van der Waals surface area contributed by atoms with Crippen molar-refractivity contribution in [3.8, 4) is 0 Å². The highest BCUT2D eigenvalue weighted by molar-refractivity contribution is 6.31. The summed E-state index contributed by atoms with van der Waals surface area (Å²) in [4.78, 5) is 0. The van der Waals surface area contributed by atoms with E-state index in [-0.39, 0.29) is 18.5 Å². The molecule has 0 bridgehead atoms. The van der Waals surface area contributed by atoms with E-state index in [1.165, 1.54) is 0 Å². The van der Waals surface area contributed by atoms with E-state index < -0.39 is 0 Å². The lowest BCUT2D eigenvalue weighted by Crippen LogP contribution is -2.12. The van der Waals surface area contributed by atoms with Crippen molar-refractivity contribution in [1.82, 2.24) is 5.32 Å². The summed E-state index contributed by atoms with van der Waals surface area (Å²) in [6.45, 7) is 1.31. The molecule has 2 rings (SSSR count). The first kappa shape index (κ1) is 9.94. The van der Waals surface area contributed by atoms with E-state index in [9.17, 15) is 4.39 Å². The van der Waals surface area contributed by atoms with Crippen LogP contribution in [0.4, 0.5) is 4.39 Å². The molecule has 1 aliphatic rings. The molecule has 1 aromatic carbocycles. The fraction of sp³-hybridized carbons (Fsp3) is 0.455. The molecule has 0 saturated carbocycles. The van der Waals surface area contributed by atoms with Crippen LogP contribution in [-0.2, 0) is 0 Å². The van der Waals surface area contributed by atoms with Crippen molar-refractivity contribution in [3.63, 3.8) is 0 Å². The number of hydrogen-bond acceptors (Lipinski definition) is 1. The molecule has 1 saturated heterocycles. The predicted molar refractivity (Wildman–Crippen MR) is 56.5 cm³/mol. The van der Waals surface area contributed by atoms with Crippen molar-refractivity contribution >= 4 is 11.6 Å². The molecule has 1 aromatic rings. The maximum atomic E-state index is 12.7. The number of halogens is 2. The van der Waals surface area contributed by atoms with Crippen LogP contribution in [0.5, 0.6) is 0 Å². The molecule has 2 atom stereocenters. The monoisotopic (exact) mass is 213 g/mol. The first-order chi connectivity index (χ1) is 6.83. The molecule has 14 heavy (non-hydrogen) atoms. The summed E-state index contributed by atoms with van der Waals surface area (Å²) in [6.07, 6.45) is 0. The van der Waals surface area contributed by atoms with Crippen LogP contribution in [0.25, 0.3) is 0 Å². The first-order valence-electron chi connectivity index (χ1n) is 4.84. The normalized spacial score (nSPS) is 26.7. The summed E-state index contributed by atoms with van der Waals surface area (Å²) in [7, 11) is 0. The molecule has 1 heterocycles. The maximum absolute atomic E-state index is 12.7. The predicted octanol–water partition coefficient (Wildman–Crippen LogP) is 2.61. The molecule has 3 heteroatoms. The molecule has 0 radical (unpaired) electrons. The number of rotatable bonds is 2. The second-order valence-electron chi connectivity index (χ2n) is 3.70. The third kappa shape index (κ3) is 1.77. The second-order valence-corrected chi connectivity index (χ2v) is 4.11. The minimum Gasteiger partial charge on any atom is -0.316 e. The molecule has 1 N–H and O–H groups in total. The van der Waals surface area contributed by atoms with Gasteiger partial charge in [-0.25, -0.2) is 0 Å². The zero-order chi connectivity index (χ0) is 9.97. The van der Waals surface area contributed by atoms with E-state index in [0.29, 0.717) is 0 Å². The van der Waals surface area contributed by atoms with Gasteiger partial charge in [0.05, 0.1) is 6.67 Å². The molecule has 0 aromatic heterocycles. The number of benzene rings is 1. The van der Waals surface area contributed by atoms with Crippen LogP contribution in [0.1, 0.15) is 11.5 Å². The topological polar surface area (TPSA) is 12.0 Å². The number of alkyl halides is 1. The molecule has 0 amide bonds. The zero-order valence-corrected chi connectivity index (χ0v) is 8.60. The fourth-order valence-corrected chi connectivity index (χ4v) is 2.31. The summed E-state index contributed by atoms with van der Waals surface area (Å²) in [5.41, 5.74) is 1.07. The third-order valence-electron chi connectivity index (χ3n) is 2.84. The molecular weight excluding hydrogens is 201 g/mol. The van der Waals surface area contributed by atoms with Gasteiger partial charge in [-0.3, -0.25) is 4.39 Å². The Kier molecular flexibility index (Phi) is 3.04. The molecule has 0 aliphatic carbocycles. The Bertz CT molecular complexity index is 316. The van der Waals surface area contributed by atoms with Gasteiger partial charge in [0.25, 0.3) is 0 Å². The van der Waals surface area contributed by atoms with Gasteiger partial charge in [0, 0.05) is 29.9 Å². The van der Waals surface area contributed by atoms with Crippen molar-refractivity contribution in [3.05, 3.63) is 34.9 Å². The van der Waals surface area contributed by atoms with Crippen molar-refractivity contribution in [1.29, 1.82) is 0 Å². The molecule has 1 nitrogen and oxygen atoms in total. The highest BCUT2D eigenvalue weighted by Crippen LogP contribution is 2.32. The SMILES string of the molecule is FCC1CNCC1c1ccccc1Cl. The smallest absolute Gasteiger partial charge is 0.0941 e. The Labute approximate surface area is 88.3 Å². The van der Waals surface area contributed by atoms with Gasteiger partial charge in [-0.2, -0.15) is 0 Å². The zero-order valence-electron chi connectivity index (χ0n) is 7.84. The molecular formula is C11H13ClFN. The lowest BCUT2D eigenvalue weighted by molar-refractivity contribution is 0.358. The van der Waals surface area contributed by atoms with Crippen LogP contribution in [0.3, 0.4) is 0 Å². The lowest BCUT2D eigenvalue weighted by Gasteiger charge is -2.16. The van der Waals surface area contributed by atoms with Crippen LogP contribution in [0.2, 0.25) is 5.02 Å². The average Bonchev–Trinajstić information content (AvgIpc) is 2.66. The molecule has 2 unspecified atom stereocenters. The van der Waals surface area contributed by atoms with Gasteiger partial charge in [-0.05, 0) is 11.6 Å². The summed E-state index contributed by atoms with van der Waals surface area (Å²) in [6, 6.07) is 7.71. The van der Waals surface area contributed by atoms with Gasteiger partial charge in [0.2, 0.25) is 0 Å². The molecule has 0 spiro atoms. The van der Waals surface area contributed by atoms with Crippen molar-refractivity contribution < 1.29 is 4.39 Å². The van der Waals surface area contributed by atoms with Gasteiger partial charge in [-0.1, -0.05) is 29.8 Å². The maximum Gasteiger partial charge on any atom is 0.0941 e. The number of nitrogens with one attached hydrogen (secondary N) is 1. The van der Waals surface area contributed by atoms with Crippen LogP contribution in [-0.4, -0.2) is 19.8 Å². The number of hydrogen-bond donors (Lipinski definition) is 1. The Morgan fingerprint density at radius 2 is 2.14 bits per heavy atom. The van der Waals surface area contributed by atoms with E-state index in [1.807, 2.05) is 24.3 Å². The van der Waals surface area contributed by atoms with Crippen LogP contribution >= 0.6 is 11.6 Å². The Morgan fingerprint density at radius 1 is 1.36 bits per heavy atom. The highest BCUT2D eigenvalue weighted by atomic mass is 35.5. The summed E-state index contributed by atoms with van der Waals surface area (Å²) in [5, 5.41) is 3.95. The average molecular weight is 214 g/mol. The van der Waals surface area contributed by atoms with Gasteiger partial charge >= 0.3 is 0 Å². The van der Waals surface area contributed by atoms with Crippen molar-refractivity contribution in [2.24, 2.45) is 5.92 Å². The first-order valence-corrected chi connectivity index (χ1v) is 5.22. The third-order valence-corrected chi connectivity index (χ3v) is 3.19. The van der Waals surface area contributed by atoms with Crippen LogP contribution < -0.4 is 5.32 Å². The summed E-state index contributed by atoms with van der Waals surface area (Å²) < 4.78 is 12.7. The van der Waals surface area contributed by atoms with Gasteiger partial charge in [0.1, 0.15) is 0 Å². The quantitative estimate of drug-likeness (QED) is 0.797. The van der Waals surface area contributed by atoms with E-state index >= 15 is 0 Å². The summed E-state index contributed by atoms with van der Waals surface area (Å²) in [5.74, 6) is 0.309. The lowest BCUT2D eigenvalue weighted by atomic mass is 9.90.